The first kappa shape index (κ1) is 14.2. The van der Waals surface area contributed by atoms with Gasteiger partial charge < -0.3 is 5.32 Å². The Kier molecular flexibility index (Phi) is 3.02. The number of nitrogens with zero attached hydrogens (tertiary/aromatic N) is 7. The molecule has 4 aromatic rings. The van der Waals surface area contributed by atoms with E-state index in [2.05, 4.69) is 30.7 Å². The molecule has 0 aliphatic rings. The molecule has 120 valence electrons. The van der Waals surface area contributed by atoms with Gasteiger partial charge in [-0.2, -0.15) is 5.10 Å². The van der Waals surface area contributed by atoms with Gasteiger partial charge >= 0.3 is 0 Å². The fourth-order valence-corrected chi connectivity index (χ4v) is 2.69. The summed E-state index contributed by atoms with van der Waals surface area (Å²) in [6.45, 7) is 1.90. The Morgan fingerprint density at radius 3 is 2.83 bits per heavy atom. The maximum Gasteiger partial charge on any atom is 0.258 e. The van der Waals surface area contributed by atoms with Gasteiger partial charge in [-0.3, -0.25) is 9.48 Å². The minimum atomic E-state index is -0.286. The number of aromatic nitrogens is 7. The van der Waals surface area contributed by atoms with Gasteiger partial charge in [0.25, 0.3) is 5.91 Å². The fourth-order valence-electron chi connectivity index (χ4n) is 2.69. The summed E-state index contributed by atoms with van der Waals surface area (Å²) in [6.07, 6.45) is 3.17. The summed E-state index contributed by atoms with van der Waals surface area (Å²) in [5.41, 5.74) is 3.65. The smallest absolute Gasteiger partial charge is 0.258 e. The fraction of sp³-hybridized carbons (Fsp3) is 0.200. The zero-order valence-electron chi connectivity index (χ0n) is 13.3. The van der Waals surface area contributed by atoms with E-state index >= 15 is 0 Å². The Bertz CT molecular complexity index is 1090. The third-order valence-corrected chi connectivity index (χ3v) is 3.86. The average Bonchev–Trinajstić information content (AvgIpc) is 3.08. The number of aryl methyl sites for hydroxylation is 3. The van der Waals surface area contributed by atoms with Gasteiger partial charge in [0.15, 0.2) is 11.3 Å². The molecule has 4 aromatic heterocycles. The molecule has 0 radical (unpaired) electrons. The summed E-state index contributed by atoms with van der Waals surface area (Å²) in [5, 5.41) is 16.0. The number of pyridine rings is 2. The molecule has 0 saturated heterocycles. The Balaban J connectivity index is 1.72. The van der Waals surface area contributed by atoms with Crippen molar-refractivity contribution in [1.82, 2.24) is 34.7 Å². The van der Waals surface area contributed by atoms with E-state index in [1.54, 1.807) is 30.2 Å². The van der Waals surface area contributed by atoms with Crippen LogP contribution in [0.2, 0.25) is 0 Å². The van der Waals surface area contributed by atoms with Crippen LogP contribution < -0.4 is 5.32 Å². The van der Waals surface area contributed by atoms with Gasteiger partial charge in [-0.15, -0.1) is 5.10 Å². The minimum absolute atomic E-state index is 0.286. The summed E-state index contributed by atoms with van der Waals surface area (Å²) in [4.78, 5) is 21.1. The second kappa shape index (κ2) is 5.08. The zero-order chi connectivity index (χ0) is 16.8. The SMILES string of the molecule is Cc1nn(C)c2ncc(NC(=O)c3ccnc4c3nnn4C)cc12. The van der Waals surface area contributed by atoms with E-state index in [0.717, 1.165) is 16.7 Å². The molecule has 0 spiro atoms. The van der Waals surface area contributed by atoms with E-state index in [-0.39, 0.29) is 5.91 Å². The number of hydrogen-bond donors (Lipinski definition) is 1. The van der Waals surface area contributed by atoms with Gasteiger partial charge in [0, 0.05) is 25.7 Å². The van der Waals surface area contributed by atoms with Crippen molar-refractivity contribution >= 4 is 33.8 Å². The second-order valence-electron chi connectivity index (χ2n) is 5.50. The summed E-state index contributed by atoms with van der Waals surface area (Å²) in [5.74, 6) is -0.286. The molecule has 0 atom stereocenters. The lowest BCUT2D eigenvalue weighted by Crippen LogP contribution is -2.13. The first-order chi connectivity index (χ1) is 11.5. The molecule has 9 nitrogen and oxygen atoms in total. The van der Waals surface area contributed by atoms with E-state index in [0.29, 0.717) is 22.4 Å². The van der Waals surface area contributed by atoms with Crippen molar-refractivity contribution in [1.29, 1.82) is 0 Å². The lowest BCUT2D eigenvalue weighted by atomic mass is 10.2. The van der Waals surface area contributed by atoms with Crippen LogP contribution in [0.5, 0.6) is 0 Å². The quantitative estimate of drug-likeness (QED) is 0.595. The van der Waals surface area contributed by atoms with Gasteiger partial charge in [-0.05, 0) is 19.1 Å². The van der Waals surface area contributed by atoms with Gasteiger partial charge in [0.2, 0.25) is 0 Å². The number of fused-ring (bicyclic) bond motifs is 2. The Morgan fingerprint density at radius 2 is 2.00 bits per heavy atom. The number of nitrogens with one attached hydrogen (secondary N) is 1. The molecule has 4 rings (SSSR count). The van der Waals surface area contributed by atoms with Gasteiger partial charge in [-0.25, -0.2) is 14.6 Å². The predicted octanol–water partition coefficient (Wildman–Crippen LogP) is 1.21. The summed E-state index contributed by atoms with van der Waals surface area (Å²) in [6, 6.07) is 3.48. The highest BCUT2D eigenvalue weighted by atomic mass is 16.1. The van der Waals surface area contributed by atoms with Gasteiger partial charge in [-0.1, -0.05) is 5.21 Å². The summed E-state index contributed by atoms with van der Waals surface area (Å²) in [7, 11) is 3.56. The Labute approximate surface area is 136 Å². The highest BCUT2D eigenvalue weighted by Crippen LogP contribution is 2.20. The van der Waals surface area contributed by atoms with Crippen molar-refractivity contribution in [3.8, 4) is 0 Å². The molecule has 0 aromatic carbocycles. The second-order valence-corrected chi connectivity index (χ2v) is 5.50. The van der Waals surface area contributed by atoms with Crippen LogP contribution in [-0.4, -0.2) is 40.6 Å². The number of amides is 1. The third kappa shape index (κ3) is 2.09. The lowest BCUT2D eigenvalue weighted by molar-refractivity contribution is 0.102. The number of carbonyl (C=O) groups excluding carboxylic acids is 1. The lowest BCUT2D eigenvalue weighted by Gasteiger charge is -2.05. The number of carbonyl (C=O) groups is 1. The molecular weight excluding hydrogens is 308 g/mol. The Morgan fingerprint density at radius 1 is 1.17 bits per heavy atom. The van der Waals surface area contributed by atoms with Crippen LogP contribution in [0.4, 0.5) is 5.69 Å². The molecule has 24 heavy (non-hydrogen) atoms. The van der Waals surface area contributed by atoms with Crippen LogP contribution >= 0.6 is 0 Å². The molecule has 0 fully saturated rings. The number of rotatable bonds is 2. The van der Waals surface area contributed by atoms with Gasteiger partial charge in [0.1, 0.15) is 5.52 Å². The Hall–Kier alpha value is -3.36. The van der Waals surface area contributed by atoms with Crippen molar-refractivity contribution in [2.45, 2.75) is 6.92 Å². The molecule has 0 aliphatic carbocycles. The maximum atomic E-state index is 12.6. The number of hydrogen-bond acceptors (Lipinski definition) is 6. The van der Waals surface area contributed by atoms with Crippen molar-refractivity contribution in [3.05, 3.63) is 35.8 Å². The topological polar surface area (TPSA) is 103 Å². The van der Waals surface area contributed by atoms with Crippen molar-refractivity contribution in [2.24, 2.45) is 14.1 Å². The zero-order valence-corrected chi connectivity index (χ0v) is 13.3. The molecule has 0 bridgehead atoms. The molecule has 4 heterocycles. The normalized spacial score (nSPS) is 11.3. The van der Waals surface area contributed by atoms with E-state index in [1.807, 2.05) is 20.0 Å². The maximum absolute atomic E-state index is 12.6. The molecule has 0 aliphatic heterocycles. The standard InChI is InChI=1S/C15H14N8O/c1-8-11-6-9(7-17-13(11)22(2)20-8)18-15(24)10-4-5-16-14-12(10)19-21-23(14)3/h4-7H,1-3H3,(H,18,24). The molecule has 1 N–H and O–H groups in total. The molecule has 0 saturated carbocycles. The molecule has 0 unspecified atom stereocenters. The highest BCUT2D eigenvalue weighted by molar-refractivity contribution is 6.11. The van der Waals surface area contributed by atoms with E-state index < -0.39 is 0 Å². The van der Waals surface area contributed by atoms with Crippen LogP contribution in [0.3, 0.4) is 0 Å². The number of anilines is 1. The first-order valence-corrected chi connectivity index (χ1v) is 7.29. The highest BCUT2D eigenvalue weighted by Gasteiger charge is 2.16. The molecule has 1 amide bonds. The van der Waals surface area contributed by atoms with E-state index in [4.69, 9.17) is 0 Å². The van der Waals surface area contributed by atoms with Crippen LogP contribution in [0.1, 0.15) is 16.1 Å². The third-order valence-electron chi connectivity index (χ3n) is 3.86. The minimum Gasteiger partial charge on any atom is -0.320 e. The van der Waals surface area contributed by atoms with Crippen molar-refractivity contribution in [2.75, 3.05) is 5.32 Å². The van der Waals surface area contributed by atoms with Crippen molar-refractivity contribution in [3.63, 3.8) is 0 Å². The molecule has 9 heteroatoms. The van der Waals surface area contributed by atoms with E-state index in [1.165, 1.54) is 4.68 Å². The monoisotopic (exact) mass is 322 g/mol. The van der Waals surface area contributed by atoms with Crippen LogP contribution in [0.15, 0.2) is 24.5 Å². The van der Waals surface area contributed by atoms with Crippen LogP contribution in [0, 0.1) is 6.92 Å². The predicted molar refractivity (Wildman–Crippen MR) is 87.5 cm³/mol. The van der Waals surface area contributed by atoms with Crippen LogP contribution in [-0.2, 0) is 14.1 Å². The van der Waals surface area contributed by atoms with Gasteiger partial charge in [0.05, 0.1) is 23.1 Å². The van der Waals surface area contributed by atoms with E-state index in [9.17, 15) is 4.79 Å². The molecular formula is C15H14N8O. The van der Waals surface area contributed by atoms with Crippen molar-refractivity contribution < 1.29 is 4.79 Å². The first-order valence-electron chi connectivity index (χ1n) is 7.29. The van der Waals surface area contributed by atoms with Crippen LogP contribution in [0.25, 0.3) is 22.2 Å². The summed E-state index contributed by atoms with van der Waals surface area (Å²) >= 11 is 0. The average molecular weight is 322 g/mol. The largest absolute Gasteiger partial charge is 0.320 e. The summed E-state index contributed by atoms with van der Waals surface area (Å²) < 4.78 is 3.24.